The summed E-state index contributed by atoms with van der Waals surface area (Å²) in [7, 11) is 3.95. The number of nitrogens with one attached hydrogen (secondary N) is 1. The summed E-state index contributed by atoms with van der Waals surface area (Å²) in [6.45, 7) is 0.712. The van der Waals surface area contributed by atoms with E-state index in [0.717, 1.165) is 17.2 Å². The molecule has 0 radical (unpaired) electrons. The molecule has 0 amide bonds. The fraction of sp³-hybridized carbons (Fsp3) is 0.231. The first kappa shape index (κ1) is 11.4. The second kappa shape index (κ2) is 5.30. The molecule has 0 atom stereocenters. The lowest BCUT2D eigenvalue weighted by Gasteiger charge is -2.11. The quantitative estimate of drug-likeness (QED) is 0.870. The number of aromatic nitrogens is 2. The molecular formula is C13H16N4. The molecular weight excluding hydrogens is 212 g/mol. The van der Waals surface area contributed by atoms with E-state index in [-0.39, 0.29) is 0 Å². The van der Waals surface area contributed by atoms with Crippen molar-refractivity contribution in [3.8, 4) is 0 Å². The maximum Gasteiger partial charge on any atom is 0.128 e. The zero-order valence-corrected chi connectivity index (χ0v) is 10.1. The number of rotatable bonds is 4. The summed E-state index contributed by atoms with van der Waals surface area (Å²) in [6, 6.07) is 9.90. The van der Waals surface area contributed by atoms with E-state index in [0.29, 0.717) is 6.54 Å². The Hall–Kier alpha value is -2.10. The molecule has 4 heteroatoms. The SMILES string of the molecule is CN(C)c1ccc(NCc2ccccn2)cn1. The molecule has 0 aliphatic rings. The molecule has 0 fully saturated rings. The zero-order chi connectivity index (χ0) is 12.1. The summed E-state index contributed by atoms with van der Waals surface area (Å²) in [5.41, 5.74) is 2.02. The molecule has 0 bridgehead atoms. The van der Waals surface area contributed by atoms with Crippen molar-refractivity contribution in [3.63, 3.8) is 0 Å². The zero-order valence-electron chi connectivity index (χ0n) is 10.1. The van der Waals surface area contributed by atoms with Crippen LogP contribution in [0.1, 0.15) is 5.69 Å². The van der Waals surface area contributed by atoms with Gasteiger partial charge in [-0.1, -0.05) is 6.07 Å². The Kier molecular flexibility index (Phi) is 3.55. The van der Waals surface area contributed by atoms with Crippen LogP contribution in [0.25, 0.3) is 0 Å². The van der Waals surface area contributed by atoms with E-state index < -0.39 is 0 Å². The summed E-state index contributed by atoms with van der Waals surface area (Å²) in [4.78, 5) is 10.6. The van der Waals surface area contributed by atoms with Gasteiger partial charge in [0, 0.05) is 20.3 Å². The Bertz CT molecular complexity index is 451. The molecule has 1 N–H and O–H groups in total. The summed E-state index contributed by atoms with van der Waals surface area (Å²) in [5, 5.41) is 3.28. The van der Waals surface area contributed by atoms with E-state index in [1.54, 1.807) is 6.20 Å². The first-order valence-electron chi connectivity index (χ1n) is 5.53. The molecule has 0 aliphatic carbocycles. The van der Waals surface area contributed by atoms with Crippen molar-refractivity contribution < 1.29 is 0 Å². The minimum absolute atomic E-state index is 0.712. The lowest BCUT2D eigenvalue weighted by molar-refractivity contribution is 1.03. The fourth-order valence-electron chi connectivity index (χ4n) is 1.45. The van der Waals surface area contributed by atoms with Crippen molar-refractivity contribution in [1.82, 2.24) is 9.97 Å². The first-order valence-corrected chi connectivity index (χ1v) is 5.53. The van der Waals surface area contributed by atoms with Crippen LogP contribution < -0.4 is 10.2 Å². The Morgan fingerprint density at radius 1 is 1.12 bits per heavy atom. The van der Waals surface area contributed by atoms with Crippen molar-refractivity contribution >= 4 is 11.5 Å². The van der Waals surface area contributed by atoms with Crippen molar-refractivity contribution in [2.45, 2.75) is 6.54 Å². The van der Waals surface area contributed by atoms with E-state index in [2.05, 4.69) is 15.3 Å². The molecule has 0 aromatic carbocycles. The summed E-state index contributed by atoms with van der Waals surface area (Å²) in [5.74, 6) is 0.952. The van der Waals surface area contributed by atoms with E-state index in [1.165, 1.54) is 0 Å². The summed E-state index contributed by atoms with van der Waals surface area (Å²) >= 11 is 0. The van der Waals surface area contributed by atoms with Crippen LogP contribution in [0.3, 0.4) is 0 Å². The van der Waals surface area contributed by atoms with Crippen molar-refractivity contribution in [2.75, 3.05) is 24.3 Å². The molecule has 0 saturated carbocycles. The Balaban J connectivity index is 1.96. The fourth-order valence-corrected chi connectivity index (χ4v) is 1.45. The van der Waals surface area contributed by atoms with Gasteiger partial charge >= 0.3 is 0 Å². The van der Waals surface area contributed by atoms with Crippen LogP contribution in [0.5, 0.6) is 0 Å². The van der Waals surface area contributed by atoms with Gasteiger partial charge in [-0.05, 0) is 24.3 Å². The maximum absolute atomic E-state index is 4.33. The number of pyridine rings is 2. The molecule has 0 unspecified atom stereocenters. The highest BCUT2D eigenvalue weighted by atomic mass is 15.1. The van der Waals surface area contributed by atoms with Crippen LogP contribution in [0, 0.1) is 0 Å². The maximum atomic E-state index is 4.33. The molecule has 0 saturated heterocycles. The predicted molar refractivity (Wildman–Crippen MR) is 70.1 cm³/mol. The van der Waals surface area contributed by atoms with Gasteiger partial charge in [0.15, 0.2) is 0 Å². The highest BCUT2D eigenvalue weighted by Crippen LogP contribution is 2.12. The van der Waals surface area contributed by atoms with Gasteiger partial charge in [0.05, 0.1) is 24.1 Å². The Labute approximate surface area is 101 Å². The normalized spacial score (nSPS) is 10.0. The van der Waals surface area contributed by atoms with Gasteiger partial charge in [0.1, 0.15) is 5.82 Å². The third kappa shape index (κ3) is 3.17. The second-order valence-electron chi connectivity index (χ2n) is 3.97. The summed E-state index contributed by atoms with van der Waals surface area (Å²) in [6.07, 6.45) is 3.63. The van der Waals surface area contributed by atoms with E-state index >= 15 is 0 Å². The highest BCUT2D eigenvalue weighted by molar-refractivity contribution is 5.47. The van der Waals surface area contributed by atoms with Crippen LogP contribution in [-0.4, -0.2) is 24.1 Å². The standard InChI is InChI=1S/C13H16N4/c1-17(2)13-7-6-12(10-16-13)15-9-11-5-3-4-8-14-11/h3-8,10,15H,9H2,1-2H3. The molecule has 88 valence electrons. The highest BCUT2D eigenvalue weighted by Gasteiger charge is 1.97. The molecule has 0 aliphatic heterocycles. The second-order valence-corrected chi connectivity index (χ2v) is 3.97. The number of hydrogen-bond donors (Lipinski definition) is 1. The molecule has 2 aromatic heterocycles. The average Bonchev–Trinajstić information content (AvgIpc) is 2.38. The van der Waals surface area contributed by atoms with E-state index in [9.17, 15) is 0 Å². The molecule has 2 heterocycles. The van der Waals surface area contributed by atoms with Gasteiger partial charge in [0.2, 0.25) is 0 Å². The van der Waals surface area contributed by atoms with Crippen LogP contribution in [0.2, 0.25) is 0 Å². The van der Waals surface area contributed by atoms with Crippen molar-refractivity contribution in [3.05, 3.63) is 48.4 Å². The number of hydrogen-bond acceptors (Lipinski definition) is 4. The topological polar surface area (TPSA) is 41.0 Å². The van der Waals surface area contributed by atoms with E-state index in [4.69, 9.17) is 0 Å². The minimum Gasteiger partial charge on any atom is -0.378 e. The lowest BCUT2D eigenvalue weighted by Crippen LogP contribution is -2.10. The van der Waals surface area contributed by atoms with Crippen molar-refractivity contribution in [2.24, 2.45) is 0 Å². The third-order valence-electron chi connectivity index (χ3n) is 2.41. The van der Waals surface area contributed by atoms with Gasteiger partial charge in [0.25, 0.3) is 0 Å². The molecule has 2 rings (SSSR count). The van der Waals surface area contributed by atoms with Gasteiger partial charge in [-0.3, -0.25) is 4.98 Å². The molecule has 0 spiro atoms. The summed E-state index contributed by atoms with van der Waals surface area (Å²) < 4.78 is 0. The smallest absolute Gasteiger partial charge is 0.128 e. The Morgan fingerprint density at radius 2 is 2.00 bits per heavy atom. The van der Waals surface area contributed by atoms with Gasteiger partial charge in [-0.15, -0.1) is 0 Å². The predicted octanol–water partition coefficient (Wildman–Crippen LogP) is 2.15. The van der Waals surface area contributed by atoms with Crippen LogP contribution in [-0.2, 0) is 6.54 Å². The van der Waals surface area contributed by atoms with Crippen LogP contribution in [0.4, 0.5) is 11.5 Å². The Morgan fingerprint density at radius 3 is 2.59 bits per heavy atom. The number of anilines is 2. The number of nitrogens with zero attached hydrogens (tertiary/aromatic N) is 3. The van der Waals surface area contributed by atoms with Crippen LogP contribution in [0.15, 0.2) is 42.7 Å². The molecule has 2 aromatic rings. The lowest BCUT2D eigenvalue weighted by atomic mass is 10.3. The van der Waals surface area contributed by atoms with Gasteiger partial charge in [-0.25, -0.2) is 4.98 Å². The van der Waals surface area contributed by atoms with Gasteiger partial charge < -0.3 is 10.2 Å². The largest absolute Gasteiger partial charge is 0.378 e. The average molecular weight is 228 g/mol. The van der Waals surface area contributed by atoms with E-state index in [1.807, 2.05) is 55.5 Å². The first-order chi connectivity index (χ1) is 8.25. The molecule has 4 nitrogen and oxygen atoms in total. The minimum atomic E-state index is 0.712. The molecule has 17 heavy (non-hydrogen) atoms. The van der Waals surface area contributed by atoms with Crippen molar-refractivity contribution in [1.29, 1.82) is 0 Å². The third-order valence-corrected chi connectivity index (χ3v) is 2.41. The monoisotopic (exact) mass is 228 g/mol. The van der Waals surface area contributed by atoms with Gasteiger partial charge in [-0.2, -0.15) is 0 Å². The van der Waals surface area contributed by atoms with Crippen LogP contribution >= 0.6 is 0 Å².